The van der Waals surface area contributed by atoms with E-state index in [0.29, 0.717) is 0 Å². The van der Waals surface area contributed by atoms with Gasteiger partial charge in [-0.2, -0.15) is 5.26 Å². The molecule has 0 aromatic carbocycles. The van der Waals surface area contributed by atoms with Crippen LogP contribution in [0.4, 0.5) is 0 Å². The first-order chi connectivity index (χ1) is 7.97. The van der Waals surface area contributed by atoms with Gasteiger partial charge in [0.15, 0.2) is 0 Å². The van der Waals surface area contributed by atoms with Crippen molar-refractivity contribution < 1.29 is 0 Å². The number of nitrogens with zero attached hydrogens (tertiary/aromatic N) is 2. The van der Waals surface area contributed by atoms with Crippen LogP contribution in [0.2, 0.25) is 0 Å². The van der Waals surface area contributed by atoms with E-state index in [9.17, 15) is 0 Å². The molecule has 0 saturated carbocycles. The summed E-state index contributed by atoms with van der Waals surface area (Å²) in [5.41, 5.74) is -0.355. The SMILES string of the molecule is CCNC(C)(C#N)CCCN(C)CC(C)CC. The van der Waals surface area contributed by atoms with Crippen molar-refractivity contribution in [3.8, 4) is 6.07 Å². The average Bonchev–Trinajstić information content (AvgIpc) is 2.29. The minimum absolute atomic E-state index is 0.355. The molecule has 0 aromatic rings. The lowest BCUT2D eigenvalue weighted by Gasteiger charge is -2.25. The van der Waals surface area contributed by atoms with Crippen molar-refractivity contribution in [1.29, 1.82) is 5.26 Å². The van der Waals surface area contributed by atoms with Crippen molar-refractivity contribution >= 4 is 0 Å². The summed E-state index contributed by atoms with van der Waals surface area (Å²) >= 11 is 0. The molecular formula is C14H29N3. The molecule has 2 unspecified atom stereocenters. The summed E-state index contributed by atoms with van der Waals surface area (Å²) in [5, 5.41) is 12.4. The number of nitriles is 1. The van der Waals surface area contributed by atoms with Crippen LogP contribution in [0.5, 0.6) is 0 Å². The van der Waals surface area contributed by atoms with Gasteiger partial charge in [0.1, 0.15) is 5.54 Å². The molecule has 0 rings (SSSR count). The molecule has 0 aliphatic rings. The summed E-state index contributed by atoms with van der Waals surface area (Å²) in [6.07, 6.45) is 3.23. The topological polar surface area (TPSA) is 39.1 Å². The highest BCUT2D eigenvalue weighted by molar-refractivity contribution is 5.03. The van der Waals surface area contributed by atoms with Gasteiger partial charge in [-0.05, 0) is 45.8 Å². The molecule has 100 valence electrons. The molecule has 1 N–H and O–H groups in total. The first-order valence-electron chi connectivity index (χ1n) is 6.82. The molecule has 3 heteroatoms. The van der Waals surface area contributed by atoms with Gasteiger partial charge in [-0.3, -0.25) is 5.32 Å². The zero-order chi connectivity index (χ0) is 13.3. The first kappa shape index (κ1) is 16.4. The van der Waals surface area contributed by atoms with Crippen LogP contribution in [0.1, 0.15) is 47.0 Å². The van der Waals surface area contributed by atoms with Crippen LogP contribution < -0.4 is 5.32 Å². The van der Waals surface area contributed by atoms with Gasteiger partial charge in [-0.25, -0.2) is 0 Å². The number of rotatable bonds is 9. The standard InChI is InChI=1S/C14H29N3/c1-6-13(3)11-17(5)10-8-9-14(4,12-15)16-7-2/h13,16H,6-11H2,1-5H3. The minimum atomic E-state index is -0.355. The molecular weight excluding hydrogens is 210 g/mol. The molecule has 0 aromatic heterocycles. The lowest BCUT2D eigenvalue weighted by molar-refractivity contribution is 0.266. The van der Waals surface area contributed by atoms with Crippen molar-refractivity contribution in [2.45, 2.75) is 52.5 Å². The summed E-state index contributed by atoms with van der Waals surface area (Å²) < 4.78 is 0. The van der Waals surface area contributed by atoms with Crippen LogP contribution in [0.3, 0.4) is 0 Å². The van der Waals surface area contributed by atoms with Crippen LogP contribution in [0.25, 0.3) is 0 Å². The third kappa shape index (κ3) is 7.36. The predicted octanol–water partition coefficient (Wildman–Crippen LogP) is 2.64. The van der Waals surface area contributed by atoms with Gasteiger partial charge in [0.25, 0.3) is 0 Å². The van der Waals surface area contributed by atoms with E-state index in [4.69, 9.17) is 5.26 Å². The van der Waals surface area contributed by atoms with E-state index in [2.05, 4.69) is 37.2 Å². The second-order valence-corrected chi connectivity index (χ2v) is 5.35. The van der Waals surface area contributed by atoms with Crippen molar-refractivity contribution in [2.75, 3.05) is 26.7 Å². The summed E-state index contributed by atoms with van der Waals surface area (Å²) in [5.74, 6) is 0.760. The summed E-state index contributed by atoms with van der Waals surface area (Å²) in [6.45, 7) is 11.6. The second kappa shape index (κ2) is 8.49. The maximum Gasteiger partial charge on any atom is 0.103 e. The molecule has 0 saturated heterocycles. The van der Waals surface area contributed by atoms with Gasteiger partial charge in [0.2, 0.25) is 0 Å². The molecule has 2 atom stereocenters. The second-order valence-electron chi connectivity index (χ2n) is 5.35. The maximum absolute atomic E-state index is 9.14. The fourth-order valence-electron chi connectivity index (χ4n) is 2.03. The number of nitrogens with one attached hydrogen (secondary N) is 1. The highest BCUT2D eigenvalue weighted by atomic mass is 15.1. The fraction of sp³-hybridized carbons (Fsp3) is 0.929. The Labute approximate surface area is 107 Å². The molecule has 0 amide bonds. The Morgan fingerprint density at radius 3 is 2.53 bits per heavy atom. The normalized spacial score (nSPS) is 16.5. The molecule has 0 aliphatic carbocycles. The third-order valence-corrected chi connectivity index (χ3v) is 3.35. The van der Waals surface area contributed by atoms with E-state index < -0.39 is 0 Å². The van der Waals surface area contributed by atoms with E-state index in [-0.39, 0.29) is 5.54 Å². The monoisotopic (exact) mass is 239 g/mol. The molecule has 0 radical (unpaired) electrons. The average molecular weight is 239 g/mol. The molecule has 0 bridgehead atoms. The van der Waals surface area contributed by atoms with Crippen LogP contribution in [0, 0.1) is 17.2 Å². The third-order valence-electron chi connectivity index (χ3n) is 3.35. The first-order valence-corrected chi connectivity index (χ1v) is 6.82. The Kier molecular flexibility index (Phi) is 8.20. The van der Waals surface area contributed by atoms with Crippen LogP contribution in [-0.2, 0) is 0 Å². The molecule has 3 nitrogen and oxygen atoms in total. The Bertz CT molecular complexity index is 234. The zero-order valence-electron chi connectivity index (χ0n) is 12.2. The Hall–Kier alpha value is -0.590. The minimum Gasteiger partial charge on any atom is -0.306 e. The van der Waals surface area contributed by atoms with Crippen molar-refractivity contribution in [1.82, 2.24) is 10.2 Å². The van der Waals surface area contributed by atoms with Crippen LogP contribution in [0.15, 0.2) is 0 Å². The predicted molar refractivity (Wildman–Crippen MR) is 73.9 cm³/mol. The molecule has 0 heterocycles. The quantitative estimate of drug-likeness (QED) is 0.672. The van der Waals surface area contributed by atoms with Gasteiger partial charge in [-0.1, -0.05) is 27.2 Å². The Balaban J connectivity index is 3.85. The van der Waals surface area contributed by atoms with Crippen molar-refractivity contribution in [3.63, 3.8) is 0 Å². The number of hydrogen-bond acceptors (Lipinski definition) is 3. The lowest BCUT2D eigenvalue weighted by Crippen LogP contribution is -2.41. The van der Waals surface area contributed by atoms with Gasteiger partial charge in [-0.15, -0.1) is 0 Å². The molecule has 0 aliphatic heterocycles. The fourth-order valence-corrected chi connectivity index (χ4v) is 2.03. The number of hydrogen-bond donors (Lipinski definition) is 1. The zero-order valence-corrected chi connectivity index (χ0v) is 12.2. The smallest absolute Gasteiger partial charge is 0.103 e. The van der Waals surface area contributed by atoms with E-state index in [1.165, 1.54) is 6.42 Å². The van der Waals surface area contributed by atoms with Gasteiger partial charge in [0, 0.05) is 6.54 Å². The van der Waals surface area contributed by atoms with E-state index in [1.807, 2.05) is 13.8 Å². The van der Waals surface area contributed by atoms with E-state index >= 15 is 0 Å². The highest BCUT2D eigenvalue weighted by Gasteiger charge is 2.21. The molecule has 0 spiro atoms. The van der Waals surface area contributed by atoms with Crippen molar-refractivity contribution in [3.05, 3.63) is 0 Å². The van der Waals surface area contributed by atoms with Crippen LogP contribution >= 0.6 is 0 Å². The molecule has 17 heavy (non-hydrogen) atoms. The van der Waals surface area contributed by atoms with E-state index in [0.717, 1.165) is 38.4 Å². The summed E-state index contributed by atoms with van der Waals surface area (Å²) in [6, 6.07) is 2.38. The van der Waals surface area contributed by atoms with Gasteiger partial charge >= 0.3 is 0 Å². The molecule has 0 fully saturated rings. The van der Waals surface area contributed by atoms with E-state index in [1.54, 1.807) is 0 Å². The maximum atomic E-state index is 9.14. The summed E-state index contributed by atoms with van der Waals surface area (Å²) in [7, 11) is 2.17. The van der Waals surface area contributed by atoms with Gasteiger partial charge < -0.3 is 4.90 Å². The van der Waals surface area contributed by atoms with Gasteiger partial charge in [0.05, 0.1) is 6.07 Å². The highest BCUT2D eigenvalue weighted by Crippen LogP contribution is 2.12. The Morgan fingerprint density at radius 2 is 2.06 bits per heavy atom. The Morgan fingerprint density at radius 1 is 1.41 bits per heavy atom. The van der Waals surface area contributed by atoms with Crippen molar-refractivity contribution in [2.24, 2.45) is 5.92 Å². The summed E-state index contributed by atoms with van der Waals surface area (Å²) in [4.78, 5) is 2.37. The largest absolute Gasteiger partial charge is 0.306 e. The lowest BCUT2D eigenvalue weighted by atomic mass is 9.97. The van der Waals surface area contributed by atoms with Crippen LogP contribution in [-0.4, -0.2) is 37.1 Å².